The van der Waals surface area contributed by atoms with E-state index < -0.39 is 0 Å². The van der Waals surface area contributed by atoms with Gasteiger partial charge < -0.3 is 0 Å². The Morgan fingerprint density at radius 2 is 1.44 bits per heavy atom. The Morgan fingerprint density at radius 1 is 0.889 bits per heavy atom. The average molecular weight is 252 g/mol. The van der Waals surface area contributed by atoms with Gasteiger partial charge in [-0.15, -0.1) is 0 Å². The molecule has 0 aliphatic heterocycles. The van der Waals surface area contributed by atoms with E-state index in [9.17, 15) is 4.79 Å². The lowest BCUT2D eigenvalue weighted by Crippen LogP contribution is -2.05. The molecular formula is C17H32O. The summed E-state index contributed by atoms with van der Waals surface area (Å²) in [5, 5.41) is 0. The molecule has 0 radical (unpaired) electrons. The van der Waals surface area contributed by atoms with Crippen LogP contribution in [0.5, 0.6) is 0 Å². The molecule has 18 heavy (non-hydrogen) atoms. The second-order valence-electron chi connectivity index (χ2n) is 5.54. The van der Waals surface area contributed by atoms with Crippen LogP contribution in [0.2, 0.25) is 0 Å². The molecule has 0 N–H and O–H groups in total. The molecule has 1 nitrogen and oxygen atoms in total. The van der Waals surface area contributed by atoms with E-state index in [-0.39, 0.29) is 5.92 Å². The van der Waals surface area contributed by atoms with E-state index in [1.54, 1.807) is 0 Å². The molecule has 0 atom stereocenters. The average Bonchev–Trinajstić information content (AvgIpc) is 2.35. The molecule has 0 aliphatic rings. The van der Waals surface area contributed by atoms with Crippen LogP contribution in [-0.4, -0.2) is 5.78 Å². The molecule has 0 fully saturated rings. The van der Waals surface area contributed by atoms with Gasteiger partial charge in [-0.05, 0) is 25.7 Å². The molecule has 0 saturated carbocycles. The standard InChI is InChI=1S/C17H32O/c1-4-5-6-7-8-9-10-11-12-13-14-15-17(18)16(2)3/h7-8,16H,4-6,9-15H2,1-3H3/b8-7-. The number of carbonyl (C=O) groups excluding carboxylic acids is 1. The van der Waals surface area contributed by atoms with Crippen molar-refractivity contribution in [3.63, 3.8) is 0 Å². The fraction of sp³-hybridized carbons (Fsp3) is 0.824. The summed E-state index contributed by atoms with van der Waals surface area (Å²) in [6.07, 6.45) is 16.7. The van der Waals surface area contributed by atoms with Crippen LogP contribution in [0, 0.1) is 5.92 Å². The summed E-state index contributed by atoms with van der Waals surface area (Å²) in [7, 11) is 0. The van der Waals surface area contributed by atoms with E-state index in [4.69, 9.17) is 0 Å². The van der Waals surface area contributed by atoms with Crippen LogP contribution in [0.15, 0.2) is 12.2 Å². The third-order valence-electron chi connectivity index (χ3n) is 3.33. The van der Waals surface area contributed by atoms with Gasteiger partial charge in [-0.25, -0.2) is 0 Å². The fourth-order valence-electron chi connectivity index (χ4n) is 1.94. The number of carbonyl (C=O) groups is 1. The minimum absolute atomic E-state index is 0.221. The van der Waals surface area contributed by atoms with Crippen molar-refractivity contribution in [1.29, 1.82) is 0 Å². The number of hydrogen-bond acceptors (Lipinski definition) is 1. The van der Waals surface area contributed by atoms with E-state index >= 15 is 0 Å². The first-order valence-corrected chi connectivity index (χ1v) is 7.86. The number of ketones is 1. The smallest absolute Gasteiger partial charge is 0.135 e. The fourth-order valence-corrected chi connectivity index (χ4v) is 1.94. The molecule has 0 aromatic carbocycles. The Balaban J connectivity index is 3.16. The van der Waals surface area contributed by atoms with E-state index in [0.29, 0.717) is 5.78 Å². The summed E-state index contributed by atoms with van der Waals surface area (Å²) in [5.41, 5.74) is 0. The highest BCUT2D eigenvalue weighted by Gasteiger charge is 2.05. The second-order valence-corrected chi connectivity index (χ2v) is 5.54. The Kier molecular flexibility index (Phi) is 12.4. The van der Waals surface area contributed by atoms with Gasteiger partial charge in [0.05, 0.1) is 0 Å². The second kappa shape index (κ2) is 12.9. The number of Topliss-reactive ketones (excluding diaryl/α,β-unsaturated/α-hetero) is 1. The van der Waals surface area contributed by atoms with Crippen LogP contribution in [0.4, 0.5) is 0 Å². The van der Waals surface area contributed by atoms with Crippen LogP contribution in [0.25, 0.3) is 0 Å². The quantitative estimate of drug-likeness (QED) is 0.322. The van der Waals surface area contributed by atoms with Crippen molar-refractivity contribution in [2.24, 2.45) is 5.92 Å². The van der Waals surface area contributed by atoms with Gasteiger partial charge in [0.15, 0.2) is 0 Å². The molecule has 0 aromatic rings. The molecule has 0 amide bonds. The molecule has 0 unspecified atom stereocenters. The summed E-state index contributed by atoms with van der Waals surface area (Å²) in [6.45, 7) is 6.22. The first kappa shape index (κ1) is 17.4. The largest absolute Gasteiger partial charge is 0.299 e. The lowest BCUT2D eigenvalue weighted by Gasteiger charge is -2.03. The Labute approximate surface area is 114 Å². The van der Waals surface area contributed by atoms with E-state index in [1.165, 1.54) is 51.4 Å². The maximum atomic E-state index is 11.4. The zero-order valence-electron chi connectivity index (χ0n) is 12.7. The van der Waals surface area contributed by atoms with Gasteiger partial charge in [0, 0.05) is 12.3 Å². The van der Waals surface area contributed by atoms with Crippen molar-refractivity contribution in [3.05, 3.63) is 12.2 Å². The van der Waals surface area contributed by atoms with Crippen molar-refractivity contribution in [3.8, 4) is 0 Å². The van der Waals surface area contributed by atoms with Crippen molar-refractivity contribution in [1.82, 2.24) is 0 Å². The molecule has 0 spiro atoms. The number of allylic oxidation sites excluding steroid dienone is 2. The molecular weight excluding hydrogens is 220 g/mol. The number of hydrogen-bond donors (Lipinski definition) is 0. The number of rotatable bonds is 12. The van der Waals surface area contributed by atoms with Gasteiger partial charge >= 0.3 is 0 Å². The van der Waals surface area contributed by atoms with Crippen molar-refractivity contribution in [2.75, 3.05) is 0 Å². The summed E-state index contributed by atoms with van der Waals surface area (Å²) in [5.74, 6) is 0.645. The van der Waals surface area contributed by atoms with Gasteiger partial charge in [-0.3, -0.25) is 4.79 Å². The molecule has 106 valence electrons. The van der Waals surface area contributed by atoms with Crippen LogP contribution < -0.4 is 0 Å². The third kappa shape index (κ3) is 11.9. The van der Waals surface area contributed by atoms with Gasteiger partial charge in [0.25, 0.3) is 0 Å². The molecule has 0 saturated heterocycles. The van der Waals surface area contributed by atoms with Gasteiger partial charge in [-0.2, -0.15) is 0 Å². The van der Waals surface area contributed by atoms with Crippen LogP contribution in [-0.2, 0) is 4.79 Å². The molecule has 1 heteroatoms. The minimum Gasteiger partial charge on any atom is -0.299 e. The van der Waals surface area contributed by atoms with Crippen molar-refractivity contribution < 1.29 is 4.79 Å². The highest BCUT2D eigenvalue weighted by Crippen LogP contribution is 2.10. The predicted molar refractivity (Wildman–Crippen MR) is 80.8 cm³/mol. The lowest BCUT2D eigenvalue weighted by atomic mass is 10.0. The molecule has 0 heterocycles. The van der Waals surface area contributed by atoms with E-state index in [2.05, 4.69) is 19.1 Å². The first-order chi connectivity index (χ1) is 8.68. The lowest BCUT2D eigenvalue weighted by molar-refractivity contribution is -0.122. The maximum absolute atomic E-state index is 11.4. The summed E-state index contributed by atoms with van der Waals surface area (Å²) in [4.78, 5) is 11.4. The highest BCUT2D eigenvalue weighted by atomic mass is 16.1. The van der Waals surface area contributed by atoms with E-state index in [0.717, 1.165) is 12.8 Å². The SMILES string of the molecule is CCCC/C=C\CCCCCCCC(=O)C(C)C. The Morgan fingerprint density at radius 3 is 2.06 bits per heavy atom. The van der Waals surface area contributed by atoms with Crippen LogP contribution in [0.1, 0.15) is 85.0 Å². The maximum Gasteiger partial charge on any atom is 0.135 e. The first-order valence-electron chi connectivity index (χ1n) is 7.86. The molecule has 0 aliphatic carbocycles. The molecule has 0 rings (SSSR count). The van der Waals surface area contributed by atoms with Gasteiger partial charge in [-0.1, -0.05) is 65.0 Å². The third-order valence-corrected chi connectivity index (χ3v) is 3.33. The van der Waals surface area contributed by atoms with Gasteiger partial charge in [0.2, 0.25) is 0 Å². The monoisotopic (exact) mass is 252 g/mol. The molecule has 0 bridgehead atoms. The van der Waals surface area contributed by atoms with Gasteiger partial charge in [0.1, 0.15) is 5.78 Å². The summed E-state index contributed by atoms with van der Waals surface area (Å²) in [6, 6.07) is 0. The minimum atomic E-state index is 0.221. The summed E-state index contributed by atoms with van der Waals surface area (Å²) < 4.78 is 0. The predicted octanol–water partition coefficient (Wildman–Crippen LogP) is 5.69. The zero-order chi connectivity index (χ0) is 13.6. The topological polar surface area (TPSA) is 17.1 Å². The van der Waals surface area contributed by atoms with Crippen LogP contribution in [0.3, 0.4) is 0 Å². The highest BCUT2D eigenvalue weighted by molar-refractivity contribution is 5.80. The summed E-state index contributed by atoms with van der Waals surface area (Å²) >= 11 is 0. The van der Waals surface area contributed by atoms with Crippen molar-refractivity contribution in [2.45, 2.75) is 85.0 Å². The Hall–Kier alpha value is -0.590. The van der Waals surface area contributed by atoms with E-state index in [1.807, 2.05) is 13.8 Å². The zero-order valence-corrected chi connectivity index (χ0v) is 12.7. The van der Waals surface area contributed by atoms with Crippen LogP contribution >= 0.6 is 0 Å². The Bertz CT molecular complexity index is 216. The van der Waals surface area contributed by atoms with Crippen molar-refractivity contribution >= 4 is 5.78 Å². The molecule has 0 aromatic heterocycles. The number of unbranched alkanes of at least 4 members (excludes halogenated alkanes) is 7. The normalized spacial score (nSPS) is 11.6.